The van der Waals surface area contributed by atoms with Gasteiger partial charge in [0.15, 0.2) is 6.23 Å². The summed E-state index contributed by atoms with van der Waals surface area (Å²) in [5, 5.41) is 17.7. The first-order valence-electron chi connectivity index (χ1n) is 10.7. The maximum Gasteiger partial charge on any atom is 0.351 e. The zero-order valence-corrected chi connectivity index (χ0v) is 18.4. The first-order valence-corrected chi connectivity index (χ1v) is 10.7. The first-order chi connectivity index (χ1) is 15.8. The maximum atomic E-state index is 13.0. The molecule has 33 heavy (non-hydrogen) atoms. The molecule has 1 amide bonds. The van der Waals surface area contributed by atoms with Crippen molar-refractivity contribution in [1.82, 2.24) is 19.7 Å². The Morgan fingerprint density at radius 3 is 2.67 bits per heavy atom. The Morgan fingerprint density at radius 1 is 1.27 bits per heavy atom. The standard InChI is InChI=1S/C22H24N6O5/c1-4-22-11-28(20-23-13(3)33-26-20)15(16(22)29)19(32-22)27-10-12(2)17(25-21(27)31)24-18(30)14-8-6-5-7-9-14/h5-10,15-16,19,29H,4,11H2,1-3H3,(H,24,25,30,31)/t15-,16+,19-,22+/m1/s1. The number of nitrogens with one attached hydrogen (secondary N) is 1. The minimum Gasteiger partial charge on any atom is -0.388 e. The van der Waals surface area contributed by atoms with Crippen molar-refractivity contribution in [2.45, 2.75) is 51.2 Å². The van der Waals surface area contributed by atoms with E-state index in [0.717, 1.165) is 0 Å². The highest BCUT2D eigenvalue weighted by Gasteiger charge is 2.64. The molecule has 2 fully saturated rings. The number of anilines is 2. The lowest BCUT2D eigenvalue weighted by atomic mass is 9.96. The number of benzene rings is 1. The Kier molecular flexibility index (Phi) is 5.02. The summed E-state index contributed by atoms with van der Waals surface area (Å²) in [6.45, 7) is 5.72. The summed E-state index contributed by atoms with van der Waals surface area (Å²) in [5.41, 5.74) is -0.452. The molecule has 0 spiro atoms. The number of aliphatic hydroxyl groups excluding tert-OH is 1. The SMILES string of the molecule is CC[C@@]12CN(c3noc(C)n3)[C@@H]([C@H](n3cc(C)c(NC(=O)c4ccccc4)nc3=O)O1)[C@@H]2O. The van der Waals surface area contributed by atoms with Crippen molar-refractivity contribution >= 4 is 17.7 Å². The van der Waals surface area contributed by atoms with Crippen LogP contribution in [0.4, 0.5) is 11.8 Å². The van der Waals surface area contributed by atoms with Gasteiger partial charge >= 0.3 is 5.69 Å². The monoisotopic (exact) mass is 452 g/mol. The van der Waals surface area contributed by atoms with Gasteiger partial charge < -0.3 is 24.6 Å². The molecule has 2 aliphatic heterocycles. The normalized spacial score (nSPS) is 26.1. The largest absolute Gasteiger partial charge is 0.388 e. The lowest BCUT2D eigenvalue weighted by Crippen LogP contribution is -2.48. The minimum absolute atomic E-state index is 0.171. The van der Waals surface area contributed by atoms with Crippen LogP contribution in [0.2, 0.25) is 0 Å². The molecule has 2 bridgehead atoms. The predicted octanol–water partition coefficient (Wildman–Crippen LogP) is 1.42. The number of carbonyl (C=O) groups excluding carboxylic acids is 1. The van der Waals surface area contributed by atoms with E-state index in [1.807, 2.05) is 17.9 Å². The molecule has 172 valence electrons. The lowest BCUT2D eigenvalue weighted by Gasteiger charge is -2.36. The number of fused-ring (bicyclic) bond motifs is 2. The molecule has 4 heterocycles. The van der Waals surface area contributed by atoms with Crippen molar-refractivity contribution < 1.29 is 19.2 Å². The molecule has 11 heteroatoms. The summed E-state index contributed by atoms with van der Waals surface area (Å²) in [6, 6.07) is 8.07. The molecule has 0 radical (unpaired) electrons. The van der Waals surface area contributed by atoms with E-state index in [2.05, 4.69) is 20.4 Å². The van der Waals surface area contributed by atoms with Crippen LogP contribution in [0.15, 0.2) is 45.8 Å². The van der Waals surface area contributed by atoms with Crippen LogP contribution in [-0.4, -0.2) is 55.0 Å². The number of aromatic nitrogens is 4. The zero-order valence-electron chi connectivity index (χ0n) is 18.4. The van der Waals surface area contributed by atoms with E-state index in [-0.39, 0.29) is 11.7 Å². The number of carbonyl (C=O) groups is 1. The van der Waals surface area contributed by atoms with Gasteiger partial charge in [-0.2, -0.15) is 9.97 Å². The maximum absolute atomic E-state index is 13.0. The van der Waals surface area contributed by atoms with E-state index in [0.29, 0.717) is 35.9 Å². The fraction of sp³-hybridized carbons (Fsp3) is 0.409. The Balaban J connectivity index is 1.47. The molecule has 0 unspecified atom stereocenters. The summed E-state index contributed by atoms with van der Waals surface area (Å²) in [4.78, 5) is 35.7. The smallest absolute Gasteiger partial charge is 0.351 e. The molecule has 5 rings (SSSR count). The van der Waals surface area contributed by atoms with Crippen LogP contribution in [0.25, 0.3) is 0 Å². The quantitative estimate of drug-likeness (QED) is 0.589. The second kappa shape index (κ2) is 7.78. The number of hydrogen-bond acceptors (Lipinski definition) is 9. The average molecular weight is 452 g/mol. The van der Waals surface area contributed by atoms with Crippen molar-refractivity contribution in [3.8, 4) is 0 Å². The fourth-order valence-electron chi connectivity index (χ4n) is 4.58. The number of ether oxygens (including phenoxy) is 1. The Hall–Kier alpha value is -3.57. The average Bonchev–Trinajstić information content (AvgIpc) is 3.46. The van der Waals surface area contributed by atoms with E-state index in [1.54, 1.807) is 44.3 Å². The van der Waals surface area contributed by atoms with Gasteiger partial charge in [0.05, 0.1) is 6.54 Å². The highest BCUT2D eigenvalue weighted by atomic mass is 16.6. The topological polar surface area (TPSA) is 136 Å². The van der Waals surface area contributed by atoms with Crippen LogP contribution in [0.3, 0.4) is 0 Å². The van der Waals surface area contributed by atoms with Crippen molar-refractivity contribution in [2.24, 2.45) is 0 Å². The summed E-state index contributed by atoms with van der Waals surface area (Å²) >= 11 is 0. The third-order valence-electron chi connectivity index (χ3n) is 6.36. The van der Waals surface area contributed by atoms with Crippen molar-refractivity contribution in [1.29, 1.82) is 0 Å². The number of rotatable bonds is 5. The Morgan fingerprint density at radius 2 is 2.03 bits per heavy atom. The molecular weight excluding hydrogens is 428 g/mol. The van der Waals surface area contributed by atoms with Gasteiger partial charge in [0.2, 0.25) is 5.89 Å². The van der Waals surface area contributed by atoms with Crippen molar-refractivity contribution in [2.75, 3.05) is 16.8 Å². The van der Waals surface area contributed by atoms with Crippen molar-refractivity contribution in [3.63, 3.8) is 0 Å². The zero-order chi connectivity index (χ0) is 23.3. The molecule has 1 aromatic carbocycles. The molecule has 4 atom stereocenters. The number of aryl methyl sites for hydroxylation is 2. The first kappa shape index (κ1) is 21.3. The third-order valence-corrected chi connectivity index (χ3v) is 6.36. The van der Waals surface area contributed by atoms with Crippen LogP contribution in [0.5, 0.6) is 0 Å². The molecule has 2 aliphatic rings. The highest BCUT2D eigenvalue weighted by molar-refractivity contribution is 6.03. The summed E-state index contributed by atoms with van der Waals surface area (Å²) in [7, 11) is 0. The van der Waals surface area contributed by atoms with E-state index in [4.69, 9.17) is 9.26 Å². The molecule has 2 saturated heterocycles. The number of amides is 1. The molecule has 2 aromatic heterocycles. The highest BCUT2D eigenvalue weighted by Crippen LogP contribution is 2.48. The summed E-state index contributed by atoms with van der Waals surface area (Å²) < 4.78 is 12.7. The number of hydrogen-bond donors (Lipinski definition) is 2. The molecule has 3 aromatic rings. The second-order valence-corrected chi connectivity index (χ2v) is 8.39. The summed E-state index contributed by atoms with van der Waals surface area (Å²) in [6.07, 6.45) is 0.429. The van der Waals surface area contributed by atoms with E-state index >= 15 is 0 Å². The van der Waals surface area contributed by atoms with Gasteiger partial charge in [-0.25, -0.2) is 4.79 Å². The van der Waals surface area contributed by atoms with E-state index in [9.17, 15) is 14.7 Å². The van der Waals surface area contributed by atoms with Gasteiger partial charge in [0.1, 0.15) is 23.6 Å². The molecule has 0 saturated carbocycles. The van der Waals surface area contributed by atoms with Gasteiger partial charge in [-0.1, -0.05) is 25.1 Å². The van der Waals surface area contributed by atoms with Gasteiger partial charge in [-0.15, -0.1) is 0 Å². The van der Waals surface area contributed by atoms with E-state index < -0.39 is 29.7 Å². The van der Waals surface area contributed by atoms with E-state index in [1.165, 1.54) is 4.57 Å². The molecule has 2 N–H and O–H groups in total. The minimum atomic E-state index is -0.878. The summed E-state index contributed by atoms with van der Waals surface area (Å²) in [5.74, 6) is 0.548. The fourth-order valence-corrected chi connectivity index (χ4v) is 4.58. The van der Waals surface area contributed by atoms with Crippen LogP contribution < -0.4 is 15.9 Å². The second-order valence-electron chi connectivity index (χ2n) is 8.39. The van der Waals surface area contributed by atoms with Crippen LogP contribution >= 0.6 is 0 Å². The third kappa shape index (κ3) is 3.40. The van der Waals surface area contributed by atoms with Crippen LogP contribution in [0, 0.1) is 13.8 Å². The molecule has 0 aliphatic carbocycles. The predicted molar refractivity (Wildman–Crippen MR) is 117 cm³/mol. The molecular formula is C22H24N6O5. The van der Waals surface area contributed by atoms with Crippen molar-refractivity contribution in [3.05, 3.63) is 64.0 Å². The van der Waals surface area contributed by atoms with Gasteiger partial charge in [-0.05, 0) is 30.6 Å². The Bertz CT molecular complexity index is 1260. The number of nitrogens with zero attached hydrogens (tertiary/aromatic N) is 5. The number of morpholine rings is 1. The van der Waals surface area contributed by atoms with Gasteiger partial charge in [-0.3, -0.25) is 9.36 Å². The van der Waals surface area contributed by atoms with Gasteiger partial charge in [0.25, 0.3) is 11.9 Å². The van der Waals surface area contributed by atoms with Crippen LogP contribution in [-0.2, 0) is 4.74 Å². The lowest BCUT2D eigenvalue weighted by molar-refractivity contribution is -0.107. The molecule has 11 nitrogen and oxygen atoms in total. The van der Waals surface area contributed by atoms with Gasteiger partial charge in [0, 0.05) is 24.2 Å². The number of aliphatic hydroxyl groups is 1. The van der Waals surface area contributed by atoms with Crippen LogP contribution in [0.1, 0.15) is 41.4 Å². The Labute approximate surface area is 189 Å².